The predicted molar refractivity (Wildman–Crippen MR) is 118 cm³/mol. The molecule has 2 fully saturated rings. The summed E-state index contributed by atoms with van der Waals surface area (Å²) >= 11 is 0. The van der Waals surface area contributed by atoms with Crippen molar-refractivity contribution in [3.8, 4) is 11.1 Å². The van der Waals surface area contributed by atoms with Crippen LogP contribution in [-0.4, -0.2) is 28.0 Å². The number of hydrogen-bond donors (Lipinski definition) is 1. The molecule has 3 aromatic rings. The van der Waals surface area contributed by atoms with E-state index in [1.165, 1.54) is 30.7 Å². The van der Waals surface area contributed by atoms with Crippen LogP contribution in [0.25, 0.3) is 11.1 Å². The predicted octanol–water partition coefficient (Wildman–Crippen LogP) is 5.31. The van der Waals surface area contributed by atoms with Crippen LogP contribution >= 0.6 is 0 Å². The van der Waals surface area contributed by atoms with Crippen molar-refractivity contribution in [3.63, 3.8) is 0 Å². The number of pyridine rings is 1. The van der Waals surface area contributed by atoms with Gasteiger partial charge in [0.05, 0.1) is 0 Å². The SMILES string of the molecule is Fc1cc(-c2ccc(CNC3C[C@H]4CC[C@@H](C3)N4Cc3ccccc3)cc2F)ccn1. The number of rotatable bonds is 6. The van der Waals surface area contributed by atoms with Crippen LogP contribution in [0.5, 0.6) is 0 Å². The van der Waals surface area contributed by atoms with Crippen molar-refractivity contribution in [2.24, 2.45) is 0 Å². The second-order valence-electron chi connectivity index (χ2n) is 8.77. The highest BCUT2D eigenvalue weighted by molar-refractivity contribution is 5.63. The topological polar surface area (TPSA) is 28.2 Å². The first-order valence-corrected chi connectivity index (χ1v) is 11.1. The van der Waals surface area contributed by atoms with Crippen molar-refractivity contribution in [1.29, 1.82) is 0 Å². The fourth-order valence-corrected chi connectivity index (χ4v) is 5.23. The summed E-state index contributed by atoms with van der Waals surface area (Å²) in [6, 6.07) is 20.5. The minimum atomic E-state index is -0.601. The Bertz CT molecular complexity index is 1030. The zero-order chi connectivity index (χ0) is 21.2. The normalized spacial score (nSPS) is 23.2. The van der Waals surface area contributed by atoms with Gasteiger partial charge in [-0.05, 0) is 54.5 Å². The van der Waals surface area contributed by atoms with Crippen molar-refractivity contribution < 1.29 is 8.78 Å². The lowest BCUT2D eigenvalue weighted by Gasteiger charge is -2.39. The van der Waals surface area contributed by atoms with Crippen molar-refractivity contribution in [2.45, 2.75) is 56.9 Å². The summed E-state index contributed by atoms with van der Waals surface area (Å²) in [5.74, 6) is -0.932. The van der Waals surface area contributed by atoms with E-state index in [0.717, 1.165) is 24.9 Å². The van der Waals surface area contributed by atoms with E-state index in [-0.39, 0.29) is 5.82 Å². The second kappa shape index (κ2) is 8.85. The van der Waals surface area contributed by atoms with Crippen molar-refractivity contribution in [3.05, 3.63) is 89.8 Å². The van der Waals surface area contributed by atoms with Gasteiger partial charge in [0, 0.05) is 49.0 Å². The molecule has 3 heterocycles. The van der Waals surface area contributed by atoms with E-state index in [2.05, 4.69) is 45.5 Å². The highest BCUT2D eigenvalue weighted by Crippen LogP contribution is 2.37. The van der Waals surface area contributed by atoms with Gasteiger partial charge in [0.25, 0.3) is 0 Å². The summed E-state index contributed by atoms with van der Waals surface area (Å²) in [6.07, 6.45) is 6.17. The van der Waals surface area contributed by atoms with E-state index in [1.807, 2.05) is 6.07 Å². The van der Waals surface area contributed by atoms with Crippen LogP contribution < -0.4 is 5.32 Å². The van der Waals surface area contributed by atoms with E-state index in [4.69, 9.17) is 0 Å². The summed E-state index contributed by atoms with van der Waals surface area (Å²) in [6.45, 7) is 1.68. The van der Waals surface area contributed by atoms with Gasteiger partial charge in [0.15, 0.2) is 0 Å². The Labute approximate surface area is 182 Å². The fraction of sp³-hybridized carbons (Fsp3) is 0.346. The number of piperidine rings is 1. The lowest BCUT2D eigenvalue weighted by molar-refractivity contribution is 0.109. The number of benzene rings is 2. The van der Waals surface area contributed by atoms with Gasteiger partial charge in [0.1, 0.15) is 5.82 Å². The number of halogens is 2. The van der Waals surface area contributed by atoms with Gasteiger partial charge in [-0.3, -0.25) is 4.90 Å². The maximum absolute atomic E-state index is 14.6. The molecule has 1 N–H and O–H groups in total. The van der Waals surface area contributed by atoms with Gasteiger partial charge >= 0.3 is 0 Å². The largest absolute Gasteiger partial charge is 0.310 e. The second-order valence-corrected chi connectivity index (χ2v) is 8.77. The third-order valence-corrected chi connectivity index (χ3v) is 6.76. The molecule has 3 atom stereocenters. The molecule has 2 aliphatic heterocycles. The highest BCUT2D eigenvalue weighted by Gasteiger charge is 2.40. The van der Waals surface area contributed by atoms with Crippen LogP contribution in [0.4, 0.5) is 8.78 Å². The van der Waals surface area contributed by atoms with Crippen molar-refractivity contribution >= 4 is 0 Å². The lowest BCUT2D eigenvalue weighted by Crippen LogP contribution is -2.48. The summed E-state index contributed by atoms with van der Waals surface area (Å²) in [4.78, 5) is 6.21. The average molecular weight is 420 g/mol. The van der Waals surface area contributed by atoms with Crippen LogP contribution in [0.3, 0.4) is 0 Å². The fourth-order valence-electron chi connectivity index (χ4n) is 5.23. The average Bonchev–Trinajstić information content (AvgIpc) is 3.00. The molecule has 0 aliphatic carbocycles. The Kier molecular flexibility index (Phi) is 5.79. The molecule has 160 valence electrons. The smallest absolute Gasteiger partial charge is 0.213 e. The molecule has 5 rings (SSSR count). The van der Waals surface area contributed by atoms with E-state index in [0.29, 0.717) is 35.8 Å². The number of nitrogens with zero attached hydrogens (tertiary/aromatic N) is 2. The van der Waals surface area contributed by atoms with E-state index >= 15 is 0 Å². The number of hydrogen-bond acceptors (Lipinski definition) is 3. The van der Waals surface area contributed by atoms with Gasteiger partial charge in [0.2, 0.25) is 5.95 Å². The third kappa shape index (κ3) is 4.53. The highest BCUT2D eigenvalue weighted by atomic mass is 19.1. The summed E-state index contributed by atoms with van der Waals surface area (Å²) in [7, 11) is 0. The Balaban J connectivity index is 1.19. The van der Waals surface area contributed by atoms with Gasteiger partial charge in [-0.15, -0.1) is 0 Å². The first kappa shape index (κ1) is 20.3. The Morgan fingerprint density at radius 3 is 2.39 bits per heavy atom. The summed E-state index contributed by atoms with van der Waals surface area (Å²) in [5, 5.41) is 3.66. The molecule has 0 spiro atoms. The maximum atomic E-state index is 14.6. The van der Waals surface area contributed by atoms with Crippen LogP contribution in [0, 0.1) is 11.8 Å². The Morgan fingerprint density at radius 1 is 0.903 bits per heavy atom. The Morgan fingerprint density at radius 2 is 1.68 bits per heavy atom. The minimum Gasteiger partial charge on any atom is -0.310 e. The molecule has 1 unspecified atom stereocenters. The molecule has 2 aliphatic rings. The van der Waals surface area contributed by atoms with Gasteiger partial charge in [-0.1, -0.05) is 42.5 Å². The van der Waals surface area contributed by atoms with Crippen LogP contribution in [-0.2, 0) is 13.1 Å². The maximum Gasteiger partial charge on any atom is 0.213 e. The first-order chi connectivity index (χ1) is 15.2. The minimum absolute atomic E-state index is 0.331. The zero-order valence-corrected chi connectivity index (χ0v) is 17.5. The molecule has 31 heavy (non-hydrogen) atoms. The van der Waals surface area contributed by atoms with Gasteiger partial charge in [-0.2, -0.15) is 4.39 Å². The van der Waals surface area contributed by atoms with Crippen molar-refractivity contribution in [2.75, 3.05) is 0 Å². The third-order valence-electron chi connectivity index (χ3n) is 6.76. The molecule has 2 aromatic carbocycles. The molecule has 0 saturated carbocycles. The van der Waals surface area contributed by atoms with Crippen LogP contribution in [0.1, 0.15) is 36.8 Å². The number of nitrogens with one attached hydrogen (secondary N) is 1. The van der Waals surface area contributed by atoms with Gasteiger partial charge < -0.3 is 5.32 Å². The number of fused-ring (bicyclic) bond motifs is 2. The molecular weight excluding hydrogens is 392 g/mol. The quantitative estimate of drug-likeness (QED) is 0.549. The summed E-state index contributed by atoms with van der Waals surface area (Å²) < 4.78 is 28.0. The zero-order valence-electron chi connectivity index (χ0n) is 17.5. The standard InChI is InChI=1S/C26H27F2N3/c27-25-12-19(6-9-24(25)20-10-11-29-26(28)13-20)16-30-21-14-22-7-8-23(15-21)31(22)17-18-4-2-1-3-5-18/h1-6,9-13,21-23,30H,7-8,14-17H2/t21?,22-,23+. The Hall–Kier alpha value is -2.63. The van der Waals surface area contributed by atoms with Gasteiger partial charge in [-0.25, -0.2) is 9.37 Å². The summed E-state index contributed by atoms with van der Waals surface area (Å²) in [5.41, 5.74) is 3.20. The molecule has 0 radical (unpaired) electrons. The molecule has 0 amide bonds. The van der Waals surface area contributed by atoms with E-state index in [1.54, 1.807) is 18.2 Å². The van der Waals surface area contributed by atoms with Crippen LogP contribution in [0.15, 0.2) is 66.9 Å². The van der Waals surface area contributed by atoms with E-state index < -0.39 is 5.95 Å². The monoisotopic (exact) mass is 419 g/mol. The molecule has 3 nitrogen and oxygen atoms in total. The van der Waals surface area contributed by atoms with Crippen LogP contribution in [0.2, 0.25) is 0 Å². The van der Waals surface area contributed by atoms with E-state index in [9.17, 15) is 8.78 Å². The molecule has 1 aromatic heterocycles. The van der Waals surface area contributed by atoms with Crippen molar-refractivity contribution in [1.82, 2.24) is 15.2 Å². The molecule has 2 saturated heterocycles. The first-order valence-electron chi connectivity index (χ1n) is 11.1. The molecular formula is C26H27F2N3. The molecule has 5 heteroatoms. The number of aromatic nitrogens is 1. The lowest BCUT2D eigenvalue weighted by atomic mass is 9.96. The molecule has 2 bridgehead atoms.